The second kappa shape index (κ2) is 5.10. The standard InChI is InChI=1S/C13H17N3O2/c1-8(14)5-9-6-16-13-10(9)3-2-4-11(13)18-7-12(15)17/h2-4,6,8,16H,5,7,14H2,1H3,(H2,15,17). The van der Waals surface area contributed by atoms with E-state index in [4.69, 9.17) is 16.2 Å². The van der Waals surface area contributed by atoms with Crippen molar-refractivity contribution in [3.05, 3.63) is 30.0 Å². The molecule has 0 saturated heterocycles. The molecule has 1 amide bonds. The molecule has 1 aromatic heterocycles. The number of H-pyrrole nitrogens is 1. The lowest BCUT2D eigenvalue weighted by atomic mass is 10.1. The number of primary amides is 1. The largest absolute Gasteiger partial charge is 0.482 e. The number of nitrogens with two attached hydrogens (primary N) is 2. The molecule has 0 aliphatic rings. The van der Waals surface area contributed by atoms with Gasteiger partial charge in [0.1, 0.15) is 5.75 Å². The van der Waals surface area contributed by atoms with Crippen molar-refractivity contribution in [2.75, 3.05) is 6.61 Å². The van der Waals surface area contributed by atoms with Crippen molar-refractivity contribution in [1.29, 1.82) is 0 Å². The van der Waals surface area contributed by atoms with E-state index in [1.807, 2.05) is 25.3 Å². The third-order valence-electron chi connectivity index (χ3n) is 2.67. The first-order valence-corrected chi connectivity index (χ1v) is 5.83. The molecule has 5 N–H and O–H groups in total. The Kier molecular flexibility index (Phi) is 3.53. The van der Waals surface area contributed by atoms with Crippen molar-refractivity contribution >= 4 is 16.8 Å². The van der Waals surface area contributed by atoms with Gasteiger partial charge in [-0.25, -0.2) is 0 Å². The molecule has 0 radical (unpaired) electrons. The van der Waals surface area contributed by atoms with Gasteiger partial charge < -0.3 is 21.2 Å². The molecule has 2 rings (SSSR count). The Balaban J connectivity index is 2.32. The van der Waals surface area contributed by atoms with Gasteiger partial charge in [-0.15, -0.1) is 0 Å². The predicted octanol–water partition coefficient (Wildman–Crippen LogP) is 0.922. The number of para-hydroxylation sites is 1. The molecule has 5 heteroatoms. The van der Waals surface area contributed by atoms with E-state index in [9.17, 15) is 4.79 Å². The quantitative estimate of drug-likeness (QED) is 0.733. The highest BCUT2D eigenvalue weighted by molar-refractivity contribution is 5.88. The van der Waals surface area contributed by atoms with Gasteiger partial charge in [0.2, 0.25) is 0 Å². The summed E-state index contributed by atoms with van der Waals surface area (Å²) >= 11 is 0. The van der Waals surface area contributed by atoms with Gasteiger partial charge in [0.05, 0.1) is 5.52 Å². The number of carbonyl (C=O) groups is 1. The number of ether oxygens (including phenoxy) is 1. The van der Waals surface area contributed by atoms with E-state index in [0.717, 1.165) is 22.9 Å². The van der Waals surface area contributed by atoms with E-state index >= 15 is 0 Å². The molecular weight excluding hydrogens is 230 g/mol. The monoisotopic (exact) mass is 247 g/mol. The van der Waals surface area contributed by atoms with Crippen molar-refractivity contribution < 1.29 is 9.53 Å². The van der Waals surface area contributed by atoms with Crippen LogP contribution in [0.1, 0.15) is 12.5 Å². The van der Waals surface area contributed by atoms with Crippen molar-refractivity contribution in [1.82, 2.24) is 4.98 Å². The first-order valence-electron chi connectivity index (χ1n) is 5.83. The van der Waals surface area contributed by atoms with Crippen LogP contribution in [0, 0.1) is 0 Å². The number of benzene rings is 1. The van der Waals surface area contributed by atoms with Gasteiger partial charge in [-0.1, -0.05) is 12.1 Å². The molecular formula is C13H17N3O2. The van der Waals surface area contributed by atoms with E-state index in [0.29, 0.717) is 5.75 Å². The van der Waals surface area contributed by atoms with Crippen LogP contribution in [-0.2, 0) is 11.2 Å². The minimum atomic E-state index is -0.491. The maximum atomic E-state index is 10.7. The van der Waals surface area contributed by atoms with E-state index in [2.05, 4.69) is 4.98 Å². The average molecular weight is 247 g/mol. The number of amides is 1. The van der Waals surface area contributed by atoms with Crippen molar-refractivity contribution in [3.8, 4) is 5.75 Å². The molecule has 0 bridgehead atoms. The Bertz CT molecular complexity index is 560. The van der Waals surface area contributed by atoms with Gasteiger partial charge >= 0.3 is 0 Å². The van der Waals surface area contributed by atoms with Crippen molar-refractivity contribution in [2.45, 2.75) is 19.4 Å². The first-order chi connectivity index (χ1) is 8.58. The number of hydrogen-bond donors (Lipinski definition) is 3. The van der Waals surface area contributed by atoms with Crippen LogP contribution in [0.25, 0.3) is 10.9 Å². The molecule has 0 aliphatic carbocycles. The van der Waals surface area contributed by atoms with Crippen LogP contribution in [0.3, 0.4) is 0 Å². The predicted molar refractivity (Wildman–Crippen MR) is 70.3 cm³/mol. The highest BCUT2D eigenvalue weighted by Gasteiger charge is 2.10. The van der Waals surface area contributed by atoms with Crippen LogP contribution in [0.4, 0.5) is 0 Å². The smallest absolute Gasteiger partial charge is 0.255 e. The van der Waals surface area contributed by atoms with E-state index in [1.54, 1.807) is 6.07 Å². The van der Waals surface area contributed by atoms with Crippen LogP contribution in [-0.4, -0.2) is 23.5 Å². The highest BCUT2D eigenvalue weighted by Crippen LogP contribution is 2.27. The first kappa shape index (κ1) is 12.4. The fourth-order valence-corrected chi connectivity index (χ4v) is 1.97. The zero-order chi connectivity index (χ0) is 13.1. The Labute approximate surface area is 105 Å². The summed E-state index contributed by atoms with van der Waals surface area (Å²) in [5, 5.41) is 1.06. The number of hydrogen-bond acceptors (Lipinski definition) is 3. The molecule has 0 saturated carbocycles. The Morgan fingerprint density at radius 2 is 2.28 bits per heavy atom. The lowest BCUT2D eigenvalue weighted by Gasteiger charge is -2.06. The van der Waals surface area contributed by atoms with Gasteiger partial charge in [-0.05, 0) is 25.0 Å². The minimum absolute atomic E-state index is 0.0965. The molecule has 1 heterocycles. The lowest BCUT2D eigenvalue weighted by molar-refractivity contribution is -0.119. The topological polar surface area (TPSA) is 94.1 Å². The van der Waals surface area contributed by atoms with Crippen LogP contribution >= 0.6 is 0 Å². The van der Waals surface area contributed by atoms with Crippen molar-refractivity contribution in [2.24, 2.45) is 11.5 Å². The maximum absolute atomic E-state index is 10.7. The van der Waals surface area contributed by atoms with Crippen molar-refractivity contribution in [3.63, 3.8) is 0 Å². The number of rotatable bonds is 5. The number of nitrogens with one attached hydrogen (secondary N) is 1. The normalized spacial score (nSPS) is 12.6. The number of aromatic amines is 1. The fourth-order valence-electron chi connectivity index (χ4n) is 1.97. The summed E-state index contributed by atoms with van der Waals surface area (Å²) in [6.07, 6.45) is 2.71. The van der Waals surface area contributed by atoms with Crippen LogP contribution in [0.15, 0.2) is 24.4 Å². The lowest BCUT2D eigenvalue weighted by Crippen LogP contribution is -2.20. The highest BCUT2D eigenvalue weighted by atomic mass is 16.5. The van der Waals surface area contributed by atoms with Gasteiger partial charge in [-0.3, -0.25) is 4.79 Å². The maximum Gasteiger partial charge on any atom is 0.255 e. The van der Waals surface area contributed by atoms with Crippen LogP contribution in [0.5, 0.6) is 5.75 Å². The number of carbonyl (C=O) groups excluding carboxylic acids is 1. The molecule has 1 atom stereocenters. The average Bonchev–Trinajstić information content (AvgIpc) is 2.69. The van der Waals surface area contributed by atoms with Gasteiger partial charge in [-0.2, -0.15) is 0 Å². The molecule has 18 heavy (non-hydrogen) atoms. The minimum Gasteiger partial charge on any atom is -0.482 e. The molecule has 2 aromatic rings. The molecule has 1 aromatic carbocycles. The number of aromatic nitrogens is 1. The summed E-state index contributed by atoms with van der Waals surface area (Å²) in [4.78, 5) is 13.9. The zero-order valence-electron chi connectivity index (χ0n) is 10.3. The molecule has 96 valence electrons. The fraction of sp³-hybridized carbons (Fsp3) is 0.308. The SMILES string of the molecule is CC(N)Cc1c[nH]c2c(OCC(N)=O)cccc12. The van der Waals surface area contributed by atoms with Gasteiger partial charge in [0, 0.05) is 17.6 Å². The second-order valence-electron chi connectivity index (χ2n) is 4.43. The third-order valence-corrected chi connectivity index (χ3v) is 2.67. The molecule has 1 unspecified atom stereocenters. The van der Waals surface area contributed by atoms with Gasteiger partial charge in [0.25, 0.3) is 5.91 Å². The number of fused-ring (bicyclic) bond motifs is 1. The third kappa shape index (κ3) is 2.62. The summed E-state index contributed by atoms with van der Waals surface area (Å²) in [6.45, 7) is 1.84. The molecule has 0 fully saturated rings. The molecule has 0 aliphatic heterocycles. The Morgan fingerprint density at radius 1 is 1.50 bits per heavy atom. The zero-order valence-corrected chi connectivity index (χ0v) is 10.3. The summed E-state index contributed by atoms with van der Waals surface area (Å²) in [5.74, 6) is 0.136. The van der Waals surface area contributed by atoms with Crippen LogP contribution in [0.2, 0.25) is 0 Å². The second-order valence-corrected chi connectivity index (χ2v) is 4.43. The molecule has 5 nitrogen and oxygen atoms in total. The van der Waals surface area contributed by atoms with Gasteiger partial charge in [0.15, 0.2) is 6.61 Å². The van der Waals surface area contributed by atoms with E-state index in [1.165, 1.54) is 0 Å². The summed E-state index contributed by atoms with van der Waals surface area (Å²) in [7, 11) is 0. The van der Waals surface area contributed by atoms with E-state index in [-0.39, 0.29) is 12.6 Å². The summed E-state index contributed by atoms with van der Waals surface area (Å²) in [6, 6.07) is 5.79. The Morgan fingerprint density at radius 3 is 2.94 bits per heavy atom. The van der Waals surface area contributed by atoms with Crippen LogP contribution < -0.4 is 16.2 Å². The summed E-state index contributed by atoms with van der Waals surface area (Å²) in [5.41, 5.74) is 12.9. The van der Waals surface area contributed by atoms with E-state index < -0.39 is 5.91 Å². The molecule has 0 spiro atoms. The summed E-state index contributed by atoms with van der Waals surface area (Å²) < 4.78 is 5.36. The Hall–Kier alpha value is -2.01.